The molecule has 2 N–H and O–H groups in total. The minimum absolute atomic E-state index is 0.0538. The summed E-state index contributed by atoms with van der Waals surface area (Å²) in [5.41, 5.74) is 2.64. The highest BCUT2D eigenvalue weighted by atomic mass is 32.1. The van der Waals surface area contributed by atoms with Gasteiger partial charge in [0.2, 0.25) is 5.78 Å². The van der Waals surface area contributed by atoms with Crippen LogP contribution in [0, 0.1) is 0 Å². The van der Waals surface area contributed by atoms with Crippen LogP contribution in [-0.4, -0.2) is 32.8 Å². The maximum atomic E-state index is 13.3. The SMILES string of the molecule is CC(C)(C)c1ccc(C2C(C(=O)c3cccs3)=C(O)C(=O)N2Cc2ccc(C(=O)O)cc2)cc1. The number of hydrogen-bond acceptors (Lipinski definition) is 5. The third-order valence-electron chi connectivity index (χ3n) is 5.94. The van der Waals surface area contributed by atoms with E-state index in [1.807, 2.05) is 24.3 Å². The van der Waals surface area contributed by atoms with Crippen LogP contribution in [0.3, 0.4) is 0 Å². The van der Waals surface area contributed by atoms with E-state index in [1.165, 1.54) is 28.4 Å². The number of aromatic carboxylic acids is 1. The first-order valence-electron chi connectivity index (χ1n) is 10.8. The van der Waals surface area contributed by atoms with Crippen LogP contribution in [0.15, 0.2) is 77.4 Å². The Bertz CT molecular complexity index is 1270. The van der Waals surface area contributed by atoms with E-state index < -0.39 is 23.7 Å². The average molecular weight is 476 g/mol. The summed E-state index contributed by atoms with van der Waals surface area (Å²) in [4.78, 5) is 39.6. The van der Waals surface area contributed by atoms with Gasteiger partial charge in [-0.3, -0.25) is 9.59 Å². The predicted octanol–water partition coefficient (Wildman–Crippen LogP) is 5.52. The molecule has 2 aromatic carbocycles. The van der Waals surface area contributed by atoms with Crippen LogP contribution < -0.4 is 0 Å². The smallest absolute Gasteiger partial charge is 0.335 e. The van der Waals surface area contributed by atoms with Gasteiger partial charge in [-0.1, -0.05) is 63.2 Å². The first-order valence-corrected chi connectivity index (χ1v) is 11.7. The predicted molar refractivity (Wildman–Crippen MR) is 130 cm³/mol. The fourth-order valence-corrected chi connectivity index (χ4v) is 4.73. The number of nitrogens with zero attached hydrogens (tertiary/aromatic N) is 1. The number of carbonyl (C=O) groups excluding carboxylic acids is 2. The van der Waals surface area contributed by atoms with Gasteiger partial charge in [-0.25, -0.2) is 4.79 Å². The first kappa shape index (κ1) is 23.4. The van der Waals surface area contributed by atoms with E-state index in [1.54, 1.807) is 29.6 Å². The second-order valence-electron chi connectivity index (χ2n) is 9.28. The Morgan fingerprint density at radius 3 is 2.18 bits per heavy atom. The van der Waals surface area contributed by atoms with Crippen molar-refractivity contribution in [2.24, 2.45) is 0 Å². The molecular formula is C27H25NO5S. The molecule has 0 aliphatic carbocycles. The summed E-state index contributed by atoms with van der Waals surface area (Å²) in [5, 5.41) is 21.7. The quantitative estimate of drug-likeness (QED) is 0.458. The van der Waals surface area contributed by atoms with Crippen LogP contribution in [0.25, 0.3) is 0 Å². The van der Waals surface area contributed by atoms with Gasteiger partial charge < -0.3 is 15.1 Å². The van der Waals surface area contributed by atoms with Crippen molar-refractivity contribution >= 4 is 29.0 Å². The topological polar surface area (TPSA) is 94.9 Å². The first-order chi connectivity index (χ1) is 16.1. The van der Waals surface area contributed by atoms with Gasteiger partial charge in [-0.15, -0.1) is 11.3 Å². The molecule has 1 aliphatic heterocycles. The number of ketones is 1. The lowest BCUT2D eigenvalue weighted by Crippen LogP contribution is -2.30. The lowest BCUT2D eigenvalue weighted by atomic mass is 9.85. The molecule has 174 valence electrons. The Morgan fingerprint density at radius 1 is 1.00 bits per heavy atom. The van der Waals surface area contributed by atoms with E-state index >= 15 is 0 Å². The van der Waals surface area contributed by atoms with Crippen molar-refractivity contribution in [3.8, 4) is 0 Å². The largest absolute Gasteiger partial charge is 0.503 e. The number of benzene rings is 2. The highest BCUT2D eigenvalue weighted by Crippen LogP contribution is 2.41. The van der Waals surface area contributed by atoms with Crippen molar-refractivity contribution in [2.45, 2.75) is 38.8 Å². The number of hydrogen-bond donors (Lipinski definition) is 2. The van der Waals surface area contributed by atoms with Gasteiger partial charge >= 0.3 is 5.97 Å². The zero-order valence-corrected chi connectivity index (χ0v) is 19.9. The average Bonchev–Trinajstić information content (AvgIpc) is 3.42. The second-order valence-corrected chi connectivity index (χ2v) is 10.2. The Labute approximate surface area is 201 Å². The number of aliphatic hydroxyl groups is 1. The number of carboxylic acids is 1. The van der Waals surface area contributed by atoms with Crippen molar-refractivity contribution < 1.29 is 24.6 Å². The van der Waals surface area contributed by atoms with Crippen molar-refractivity contribution in [2.75, 3.05) is 0 Å². The van der Waals surface area contributed by atoms with E-state index in [-0.39, 0.29) is 28.9 Å². The third kappa shape index (κ3) is 4.39. The minimum atomic E-state index is -1.04. The summed E-state index contributed by atoms with van der Waals surface area (Å²) in [6, 6.07) is 16.6. The van der Waals surface area contributed by atoms with E-state index in [9.17, 15) is 19.5 Å². The van der Waals surface area contributed by atoms with Crippen LogP contribution in [0.5, 0.6) is 0 Å². The number of Topliss-reactive ketones (excluding diaryl/α,β-unsaturated/α-hetero) is 1. The summed E-state index contributed by atoms with van der Waals surface area (Å²) >= 11 is 1.25. The van der Waals surface area contributed by atoms with Crippen LogP contribution >= 0.6 is 11.3 Å². The second kappa shape index (κ2) is 8.91. The Morgan fingerprint density at radius 2 is 1.65 bits per heavy atom. The Kier molecular flexibility index (Phi) is 6.15. The summed E-state index contributed by atoms with van der Waals surface area (Å²) < 4.78 is 0. The fraction of sp³-hybridized carbons (Fsp3) is 0.222. The maximum absolute atomic E-state index is 13.3. The highest BCUT2D eigenvalue weighted by Gasteiger charge is 2.44. The van der Waals surface area contributed by atoms with Crippen molar-refractivity contribution in [3.05, 3.63) is 105 Å². The number of carbonyl (C=O) groups is 3. The van der Waals surface area contributed by atoms with Crippen LogP contribution in [-0.2, 0) is 16.8 Å². The number of amides is 1. The summed E-state index contributed by atoms with van der Waals surface area (Å²) in [5.74, 6) is -2.60. The zero-order valence-electron chi connectivity index (χ0n) is 19.1. The molecule has 4 rings (SSSR count). The van der Waals surface area contributed by atoms with Crippen LogP contribution in [0.2, 0.25) is 0 Å². The van der Waals surface area contributed by atoms with Gasteiger partial charge in [0.1, 0.15) is 0 Å². The van der Waals surface area contributed by atoms with E-state index in [0.717, 1.165) is 5.56 Å². The lowest BCUT2D eigenvalue weighted by Gasteiger charge is -2.28. The molecule has 1 aromatic heterocycles. The van der Waals surface area contributed by atoms with Gasteiger partial charge in [-0.05, 0) is 45.7 Å². The van der Waals surface area contributed by atoms with E-state index in [2.05, 4.69) is 20.8 Å². The molecule has 6 nitrogen and oxygen atoms in total. The van der Waals surface area contributed by atoms with Gasteiger partial charge in [-0.2, -0.15) is 0 Å². The molecule has 3 aromatic rings. The fourth-order valence-electron chi connectivity index (χ4n) is 4.05. The Balaban J connectivity index is 1.76. The van der Waals surface area contributed by atoms with E-state index in [4.69, 9.17) is 5.11 Å². The Hall–Kier alpha value is -3.71. The number of thiophene rings is 1. The molecule has 0 spiro atoms. The molecule has 0 saturated heterocycles. The van der Waals surface area contributed by atoms with Crippen molar-refractivity contribution in [3.63, 3.8) is 0 Å². The molecular weight excluding hydrogens is 450 g/mol. The van der Waals surface area contributed by atoms with E-state index in [0.29, 0.717) is 16.0 Å². The molecule has 2 heterocycles. The number of rotatable bonds is 6. The van der Waals surface area contributed by atoms with Gasteiger partial charge in [0.15, 0.2) is 5.76 Å². The van der Waals surface area contributed by atoms with Crippen molar-refractivity contribution in [1.29, 1.82) is 0 Å². The molecule has 7 heteroatoms. The third-order valence-corrected chi connectivity index (χ3v) is 6.81. The summed E-state index contributed by atoms with van der Waals surface area (Å²) in [6.45, 7) is 6.42. The van der Waals surface area contributed by atoms with Crippen LogP contribution in [0.4, 0.5) is 0 Å². The molecule has 1 atom stereocenters. The monoisotopic (exact) mass is 475 g/mol. The normalized spacial score (nSPS) is 16.3. The van der Waals surface area contributed by atoms with Crippen molar-refractivity contribution in [1.82, 2.24) is 4.90 Å². The van der Waals surface area contributed by atoms with Gasteiger partial charge in [0.25, 0.3) is 5.91 Å². The molecule has 1 aliphatic rings. The highest BCUT2D eigenvalue weighted by molar-refractivity contribution is 7.12. The standard InChI is InChI=1S/C27H25NO5S/c1-27(2,3)19-12-10-17(11-13-19)22-21(23(29)20-5-4-14-34-20)24(30)25(31)28(22)15-16-6-8-18(9-7-16)26(32)33/h4-14,22,30H,15H2,1-3H3,(H,32,33). The maximum Gasteiger partial charge on any atom is 0.335 e. The molecule has 0 fully saturated rings. The van der Waals surface area contributed by atoms with Gasteiger partial charge in [0, 0.05) is 6.54 Å². The summed E-state index contributed by atoms with van der Waals surface area (Å²) in [7, 11) is 0. The van der Waals surface area contributed by atoms with Crippen LogP contribution in [0.1, 0.15) is 63.5 Å². The number of carboxylic acid groups (broad SMARTS) is 1. The molecule has 0 saturated carbocycles. The lowest BCUT2D eigenvalue weighted by molar-refractivity contribution is -0.130. The van der Waals surface area contributed by atoms with Gasteiger partial charge in [0.05, 0.1) is 22.1 Å². The zero-order chi connectivity index (χ0) is 24.6. The molecule has 34 heavy (non-hydrogen) atoms. The summed E-state index contributed by atoms with van der Waals surface area (Å²) in [6.07, 6.45) is 0. The molecule has 0 radical (unpaired) electrons. The minimum Gasteiger partial charge on any atom is -0.503 e. The molecule has 1 unspecified atom stereocenters. The number of aliphatic hydroxyl groups excluding tert-OH is 1. The molecule has 1 amide bonds. The molecule has 0 bridgehead atoms.